The van der Waals surface area contributed by atoms with Gasteiger partial charge in [0, 0.05) is 13.0 Å². The zero-order chi connectivity index (χ0) is 16.0. The Labute approximate surface area is 123 Å². The summed E-state index contributed by atoms with van der Waals surface area (Å²) < 4.78 is 9.84. The van der Waals surface area contributed by atoms with Crippen LogP contribution >= 0.6 is 0 Å². The SMILES string of the molecule is COC(=O)CC[C@H](NC(=O)NC1(C)CCOC1C)C(=O)O. The van der Waals surface area contributed by atoms with E-state index in [0.717, 1.165) is 0 Å². The normalized spacial score (nSPS) is 26.0. The second-order valence-electron chi connectivity index (χ2n) is 5.28. The molecule has 0 aliphatic carbocycles. The highest BCUT2D eigenvalue weighted by molar-refractivity contribution is 5.83. The highest BCUT2D eigenvalue weighted by Crippen LogP contribution is 2.24. The van der Waals surface area contributed by atoms with Crippen molar-refractivity contribution >= 4 is 18.0 Å². The van der Waals surface area contributed by atoms with Gasteiger partial charge in [0.15, 0.2) is 0 Å². The van der Waals surface area contributed by atoms with E-state index in [4.69, 9.17) is 9.84 Å². The summed E-state index contributed by atoms with van der Waals surface area (Å²) in [6.07, 6.45) is 0.395. The lowest BCUT2D eigenvalue weighted by atomic mass is 9.95. The second-order valence-corrected chi connectivity index (χ2v) is 5.28. The monoisotopic (exact) mass is 302 g/mol. The molecule has 0 saturated carbocycles. The quantitative estimate of drug-likeness (QED) is 0.606. The van der Waals surface area contributed by atoms with Gasteiger partial charge in [-0.05, 0) is 26.7 Å². The number of carbonyl (C=O) groups is 3. The Kier molecular flexibility index (Phi) is 5.95. The molecule has 1 saturated heterocycles. The Bertz CT molecular complexity index is 413. The predicted octanol–water partition coefficient (Wildman–Crippen LogP) is 0.260. The Morgan fingerprint density at radius 3 is 2.62 bits per heavy atom. The first-order chi connectivity index (χ1) is 9.78. The zero-order valence-electron chi connectivity index (χ0n) is 12.5. The third-order valence-electron chi connectivity index (χ3n) is 3.75. The van der Waals surface area contributed by atoms with E-state index in [1.165, 1.54) is 7.11 Å². The van der Waals surface area contributed by atoms with Gasteiger partial charge in [0.05, 0.1) is 18.8 Å². The molecule has 8 heteroatoms. The van der Waals surface area contributed by atoms with Crippen LogP contribution < -0.4 is 10.6 Å². The average molecular weight is 302 g/mol. The molecule has 2 amide bonds. The van der Waals surface area contributed by atoms with Gasteiger partial charge in [0.25, 0.3) is 0 Å². The van der Waals surface area contributed by atoms with Crippen LogP contribution in [0.4, 0.5) is 4.79 Å². The van der Waals surface area contributed by atoms with Gasteiger partial charge in [-0.2, -0.15) is 0 Å². The summed E-state index contributed by atoms with van der Waals surface area (Å²) in [6, 6.07) is -1.74. The largest absolute Gasteiger partial charge is 0.480 e. The molecule has 0 radical (unpaired) electrons. The number of carboxylic acid groups (broad SMARTS) is 1. The van der Waals surface area contributed by atoms with Crippen LogP contribution in [0.5, 0.6) is 0 Å². The van der Waals surface area contributed by atoms with E-state index < -0.39 is 29.6 Å². The van der Waals surface area contributed by atoms with E-state index >= 15 is 0 Å². The van der Waals surface area contributed by atoms with Crippen molar-refractivity contribution in [2.75, 3.05) is 13.7 Å². The van der Waals surface area contributed by atoms with Crippen molar-refractivity contribution < 1.29 is 29.0 Å². The van der Waals surface area contributed by atoms with Crippen LogP contribution in [-0.4, -0.2) is 54.5 Å². The molecule has 21 heavy (non-hydrogen) atoms. The van der Waals surface area contributed by atoms with Crippen molar-refractivity contribution in [3.63, 3.8) is 0 Å². The highest BCUT2D eigenvalue weighted by atomic mass is 16.5. The maximum Gasteiger partial charge on any atom is 0.326 e. The number of carboxylic acids is 1. The summed E-state index contributed by atoms with van der Waals surface area (Å²) in [5.74, 6) is -1.72. The summed E-state index contributed by atoms with van der Waals surface area (Å²) in [7, 11) is 1.22. The number of esters is 1. The van der Waals surface area contributed by atoms with Crippen LogP contribution in [0.25, 0.3) is 0 Å². The molecule has 0 aromatic heterocycles. The van der Waals surface area contributed by atoms with E-state index in [9.17, 15) is 14.4 Å². The molecule has 8 nitrogen and oxygen atoms in total. The number of amides is 2. The van der Waals surface area contributed by atoms with Gasteiger partial charge >= 0.3 is 18.0 Å². The molecule has 1 aliphatic heterocycles. The maximum absolute atomic E-state index is 11.9. The molecular weight excluding hydrogens is 280 g/mol. The number of rotatable bonds is 6. The minimum Gasteiger partial charge on any atom is -0.480 e. The van der Waals surface area contributed by atoms with Crippen molar-refractivity contribution in [2.24, 2.45) is 0 Å². The van der Waals surface area contributed by atoms with Gasteiger partial charge in [0.1, 0.15) is 6.04 Å². The number of methoxy groups -OCH3 is 1. The van der Waals surface area contributed by atoms with Crippen molar-refractivity contribution in [3.8, 4) is 0 Å². The Balaban J connectivity index is 2.52. The number of hydrogen-bond acceptors (Lipinski definition) is 5. The Morgan fingerprint density at radius 2 is 2.14 bits per heavy atom. The molecule has 0 bridgehead atoms. The molecule has 1 heterocycles. The van der Waals surface area contributed by atoms with E-state index in [1.54, 1.807) is 0 Å². The average Bonchev–Trinajstić information content (AvgIpc) is 2.73. The van der Waals surface area contributed by atoms with E-state index in [1.807, 2.05) is 13.8 Å². The van der Waals surface area contributed by atoms with E-state index in [0.29, 0.717) is 13.0 Å². The van der Waals surface area contributed by atoms with Gasteiger partial charge in [-0.15, -0.1) is 0 Å². The molecule has 3 N–H and O–H groups in total. The number of ether oxygens (including phenoxy) is 2. The molecule has 0 spiro atoms. The molecule has 0 aromatic rings. The van der Waals surface area contributed by atoms with E-state index in [2.05, 4.69) is 15.4 Å². The Morgan fingerprint density at radius 1 is 1.48 bits per heavy atom. The molecule has 2 unspecified atom stereocenters. The van der Waals surface area contributed by atoms with Crippen LogP contribution in [0.1, 0.15) is 33.1 Å². The molecule has 3 atom stereocenters. The van der Waals surface area contributed by atoms with E-state index in [-0.39, 0.29) is 18.9 Å². The summed E-state index contributed by atoms with van der Waals surface area (Å²) in [5.41, 5.74) is -0.532. The fourth-order valence-electron chi connectivity index (χ4n) is 2.07. The molecule has 120 valence electrons. The standard InChI is InChI=1S/C13H22N2O6/c1-8-13(2,6-7-21-8)15-12(19)14-9(11(17)18)4-5-10(16)20-3/h8-9H,4-7H2,1-3H3,(H,17,18)(H2,14,15,19)/t8?,9-,13?/m0/s1. The van der Waals surface area contributed by atoms with Gasteiger partial charge in [-0.25, -0.2) is 9.59 Å². The van der Waals surface area contributed by atoms with Gasteiger partial charge < -0.3 is 25.2 Å². The minimum atomic E-state index is -1.20. The zero-order valence-corrected chi connectivity index (χ0v) is 12.5. The number of aliphatic carboxylic acids is 1. The summed E-state index contributed by atoms with van der Waals surface area (Å²) in [6.45, 7) is 4.23. The number of hydrogen-bond donors (Lipinski definition) is 3. The molecule has 1 aliphatic rings. The first-order valence-electron chi connectivity index (χ1n) is 6.78. The first kappa shape index (κ1) is 17.2. The number of nitrogens with one attached hydrogen (secondary N) is 2. The predicted molar refractivity (Wildman–Crippen MR) is 72.8 cm³/mol. The van der Waals surface area contributed by atoms with Crippen molar-refractivity contribution in [1.82, 2.24) is 10.6 Å². The summed E-state index contributed by atoms with van der Waals surface area (Å²) in [5, 5.41) is 14.2. The highest BCUT2D eigenvalue weighted by Gasteiger charge is 2.38. The maximum atomic E-state index is 11.9. The van der Waals surface area contributed by atoms with Crippen LogP contribution in [0.15, 0.2) is 0 Å². The van der Waals surface area contributed by atoms with Gasteiger partial charge in [-0.1, -0.05) is 0 Å². The third-order valence-corrected chi connectivity index (χ3v) is 3.75. The number of carbonyl (C=O) groups excluding carboxylic acids is 2. The van der Waals surface area contributed by atoms with Crippen molar-refractivity contribution in [1.29, 1.82) is 0 Å². The van der Waals surface area contributed by atoms with Gasteiger partial charge in [0.2, 0.25) is 0 Å². The Hall–Kier alpha value is -1.83. The minimum absolute atomic E-state index is 0.0296. The lowest BCUT2D eigenvalue weighted by Gasteiger charge is -2.29. The van der Waals surface area contributed by atoms with Crippen LogP contribution in [-0.2, 0) is 19.1 Å². The van der Waals surface area contributed by atoms with Crippen molar-refractivity contribution in [3.05, 3.63) is 0 Å². The second kappa shape index (κ2) is 7.26. The third kappa shape index (κ3) is 4.89. The molecule has 1 rings (SSSR count). The fraction of sp³-hybridized carbons (Fsp3) is 0.769. The molecule has 0 aromatic carbocycles. The molecule has 1 fully saturated rings. The summed E-state index contributed by atoms with van der Waals surface area (Å²) in [4.78, 5) is 34.1. The van der Waals surface area contributed by atoms with Crippen LogP contribution in [0, 0.1) is 0 Å². The lowest BCUT2D eigenvalue weighted by Crippen LogP contribution is -2.56. The summed E-state index contributed by atoms with van der Waals surface area (Å²) >= 11 is 0. The van der Waals surface area contributed by atoms with Gasteiger partial charge in [-0.3, -0.25) is 4.79 Å². The number of urea groups is 1. The smallest absolute Gasteiger partial charge is 0.326 e. The van der Waals surface area contributed by atoms with Crippen LogP contribution in [0.3, 0.4) is 0 Å². The molecular formula is C13H22N2O6. The first-order valence-corrected chi connectivity index (χ1v) is 6.78. The fourth-order valence-corrected chi connectivity index (χ4v) is 2.07. The van der Waals surface area contributed by atoms with Crippen LogP contribution in [0.2, 0.25) is 0 Å². The topological polar surface area (TPSA) is 114 Å². The van der Waals surface area contributed by atoms with Crippen molar-refractivity contribution in [2.45, 2.75) is 50.8 Å². The lowest BCUT2D eigenvalue weighted by molar-refractivity contribution is -0.142.